The highest BCUT2D eigenvalue weighted by molar-refractivity contribution is 5.82. The molecular formula is C30H47N3O2. The molecule has 0 aromatic heterocycles. The smallest absolute Gasteiger partial charge is 0.239 e. The summed E-state index contributed by atoms with van der Waals surface area (Å²) in [5.74, 6) is 6.13. The van der Waals surface area contributed by atoms with Gasteiger partial charge in [-0.05, 0) is 106 Å². The van der Waals surface area contributed by atoms with E-state index < -0.39 is 5.60 Å². The van der Waals surface area contributed by atoms with Crippen LogP contribution >= 0.6 is 0 Å². The Morgan fingerprint density at radius 1 is 0.971 bits per heavy atom. The first-order valence-electron chi connectivity index (χ1n) is 14.8. The number of hydrogen-bond acceptors (Lipinski definition) is 4. The van der Waals surface area contributed by atoms with Crippen LogP contribution < -0.4 is 5.32 Å². The van der Waals surface area contributed by atoms with Crippen molar-refractivity contribution in [2.24, 2.45) is 34.5 Å². The summed E-state index contributed by atoms with van der Waals surface area (Å²) in [5.41, 5.74) is -0.534. The third-order valence-corrected chi connectivity index (χ3v) is 12.5. The highest BCUT2D eigenvalue weighted by Crippen LogP contribution is 2.68. The fraction of sp³-hybridized carbons (Fsp3) is 0.900. The second-order valence-corrected chi connectivity index (χ2v) is 13.6. The molecule has 0 aromatic rings. The van der Waals surface area contributed by atoms with Crippen LogP contribution in [0.15, 0.2) is 0 Å². The lowest BCUT2D eigenvalue weighted by Crippen LogP contribution is -2.59. The van der Waals surface area contributed by atoms with Gasteiger partial charge in [0.1, 0.15) is 5.60 Å². The van der Waals surface area contributed by atoms with Gasteiger partial charge < -0.3 is 15.3 Å². The second-order valence-electron chi connectivity index (χ2n) is 13.6. The summed E-state index contributed by atoms with van der Waals surface area (Å²) in [7, 11) is 0. The summed E-state index contributed by atoms with van der Waals surface area (Å²) in [6.45, 7) is 9.82. The maximum atomic E-state index is 12.8. The molecule has 0 bridgehead atoms. The standard InChI is InChI=1S/C30H47N3O2/c1-4-30(35)14-11-25-23-8-7-21-20-22(9-12-28(21,2)24(23)10-13-29(25,30)3)32-16-18-33(19-17-32)27(34)26-6-5-15-31-26/h1,21-26,31,35H,5-20H2,2-3H3/t21?,22-,23?,24?,25?,26-,28-,29-,30-/m0/s1. The molecule has 4 unspecified atom stereocenters. The van der Waals surface area contributed by atoms with E-state index in [0.717, 1.165) is 82.6 Å². The van der Waals surface area contributed by atoms with Gasteiger partial charge in [0.25, 0.3) is 0 Å². The van der Waals surface area contributed by atoms with Crippen molar-refractivity contribution < 1.29 is 9.90 Å². The van der Waals surface area contributed by atoms with Crippen LogP contribution in [0.4, 0.5) is 0 Å². The molecule has 5 heteroatoms. The third kappa shape index (κ3) is 3.64. The minimum atomic E-state index is -0.893. The van der Waals surface area contributed by atoms with Gasteiger partial charge in [0, 0.05) is 37.6 Å². The fourth-order valence-electron chi connectivity index (χ4n) is 10.2. The summed E-state index contributed by atoms with van der Waals surface area (Å²) < 4.78 is 0. The maximum Gasteiger partial charge on any atom is 0.239 e. The number of carbonyl (C=O) groups is 1. The predicted octanol–water partition coefficient (Wildman–Crippen LogP) is 3.66. The van der Waals surface area contributed by atoms with Gasteiger partial charge in [-0.3, -0.25) is 9.69 Å². The average molecular weight is 482 g/mol. The lowest BCUT2D eigenvalue weighted by atomic mass is 9.44. The Morgan fingerprint density at radius 2 is 1.74 bits per heavy atom. The van der Waals surface area contributed by atoms with Crippen LogP contribution in [0.2, 0.25) is 0 Å². The Bertz CT molecular complexity index is 871. The van der Waals surface area contributed by atoms with Gasteiger partial charge in [0.15, 0.2) is 0 Å². The minimum absolute atomic E-state index is 0.0703. The van der Waals surface area contributed by atoms with Crippen molar-refractivity contribution in [3.05, 3.63) is 0 Å². The summed E-state index contributed by atoms with van der Waals surface area (Å²) in [6.07, 6.45) is 18.9. The van der Waals surface area contributed by atoms with Crippen molar-refractivity contribution >= 4 is 5.91 Å². The van der Waals surface area contributed by atoms with Gasteiger partial charge in [0.2, 0.25) is 5.91 Å². The van der Waals surface area contributed by atoms with Gasteiger partial charge in [-0.15, -0.1) is 6.42 Å². The summed E-state index contributed by atoms with van der Waals surface area (Å²) >= 11 is 0. The quantitative estimate of drug-likeness (QED) is 0.591. The molecule has 9 atom stereocenters. The Labute approximate surface area is 212 Å². The number of piperazine rings is 1. The maximum absolute atomic E-state index is 12.8. The molecule has 35 heavy (non-hydrogen) atoms. The Hall–Kier alpha value is -1.09. The molecule has 4 aliphatic carbocycles. The summed E-state index contributed by atoms with van der Waals surface area (Å²) in [5, 5.41) is 14.6. The van der Waals surface area contributed by atoms with Crippen molar-refractivity contribution in [1.29, 1.82) is 0 Å². The molecule has 5 nitrogen and oxygen atoms in total. The van der Waals surface area contributed by atoms with Crippen LogP contribution in [-0.4, -0.2) is 71.2 Å². The largest absolute Gasteiger partial charge is 0.377 e. The molecule has 2 N–H and O–H groups in total. The van der Waals surface area contributed by atoms with Crippen molar-refractivity contribution in [3.63, 3.8) is 0 Å². The number of amides is 1. The van der Waals surface area contributed by atoms with Crippen LogP contribution in [0, 0.1) is 46.8 Å². The van der Waals surface area contributed by atoms with Crippen molar-refractivity contribution in [2.75, 3.05) is 32.7 Å². The van der Waals surface area contributed by atoms with E-state index in [1.165, 1.54) is 38.5 Å². The molecule has 0 radical (unpaired) electrons. The zero-order valence-electron chi connectivity index (χ0n) is 22.1. The third-order valence-electron chi connectivity index (χ3n) is 12.5. The molecule has 2 heterocycles. The minimum Gasteiger partial charge on any atom is -0.377 e. The van der Waals surface area contributed by atoms with E-state index in [1.807, 2.05) is 0 Å². The van der Waals surface area contributed by atoms with Crippen molar-refractivity contribution in [3.8, 4) is 12.3 Å². The van der Waals surface area contributed by atoms with Gasteiger partial charge in [-0.25, -0.2) is 0 Å². The number of rotatable bonds is 2. The van der Waals surface area contributed by atoms with E-state index in [9.17, 15) is 9.90 Å². The Kier molecular flexibility index (Phi) is 6.06. The van der Waals surface area contributed by atoms with Gasteiger partial charge in [-0.2, -0.15) is 0 Å². The Morgan fingerprint density at radius 3 is 2.46 bits per heavy atom. The molecule has 6 rings (SSSR count). The van der Waals surface area contributed by atoms with E-state index in [4.69, 9.17) is 6.42 Å². The molecule has 2 aliphatic heterocycles. The van der Waals surface area contributed by atoms with Crippen molar-refractivity contribution in [2.45, 2.75) is 102 Å². The summed E-state index contributed by atoms with van der Waals surface area (Å²) in [6, 6.07) is 0.763. The van der Waals surface area contributed by atoms with Gasteiger partial charge >= 0.3 is 0 Å². The predicted molar refractivity (Wildman–Crippen MR) is 138 cm³/mol. The molecular weight excluding hydrogens is 434 g/mol. The van der Waals surface area contributed by atoms with Crippen LogP contribution in [-0.2, 0) is 4.79 Å². The molecule has 0 aromatic carbocycles. The first kappa shape index (κ1) is 24.3. The van der Waals surface area contributed by atoms with Crippen LogP contribution in [0.1, 0.15) is 84.5 Å². The molecule has 1 amide bonds. The molecule has 194 valence electrons. The zero-order chi connectivity index (χ0) is 24.4. The van der Waals surface area contributed by atoms with E-state index in [2.05, 4.69) is 34.9 Å². The molecule has 6 fully saturated rings. The Balaban J connectivity index is 1.09. The van der Waals surface area contributed by atoms with E-state index in [1.54, 1.807) is 0 Å². The topological polar surface area (TPSA) is 55.8 Å². The number of terminal acetylenes is 1. The SMILES string of the molecule is C#C[C@]1(O)CCC2C3CCC4C[C@@H](N5CCN(C(=O)[C@@H]6CCCN6)CC5)CC[C@]4(C)C3CC[C@@]21C. The number of hydrogen-bond donors (Lipinski definition) is 2. The monoisotopic (exact) mass is 481 g/mol. The van der Waals surface area contributed by atoms with E-state index in [0.29, 0.717) is 23.3 Å². The highest BCUT2D eigenvalue weighted by Gasteiger charge is 2.64. The lowest BCUT2D eigenvalue weighted by molar-refractivity contribution is -0.144. The second kappa shape index (κ2) is 8.74. The highest BCUT2D eigenvalue weighted by atomic mass is 16.3. The molecule has 4 saturated carbocycles. The average Bonchev–Trinajstić information content (AvgIpc) is 3.50. The van der Waals surface area contributed by atoms with Crippen LogP contribution in [0.3, 0.4) is 0 Å². The van der Waals surface area contributed by atoms with E-state index in [-0.39, 0.29) is 11.5 Å². The van der Waals surface area contributed by atoms with Gasteiger partial charge in [-0.1, -0.05) is 19.8 Å². The zero-order valence-corrected chi connectivity index (χ0v) is 22.1. The van der Waals surface area contributed by atoms with Crippen molar-refractivity contribution in [1.82, 2.24) is 15.1 Å². The summed E-state index contributed by atoms with van der Waals surface area (Å²) in [4.78, 5) is 17.7. The molecule has 0 spiro atoms. The first-order chi connectivity index (χ1) is 16.8. The molecule has 2 saturated heterocycles. The first-order valence-corrected chi connectivity index (χ1v) is 14.8. The number of nitrogens with one attached hydrogen (secondary N) is 1. The lowest BCUT2D eigenvalue weighted by Gasteiger charge is -2.62. The van der Waals surface area contributed by atoms with E-state index >= 15 is 0 Å². The van der Waals surface area contributed by atoms with Crippen LogP contribution in [0.5, 0.6) is 0 Å². The molecule has 6 aliphatic rings. The normalized spacial score (nSPS) is 50.2. The number of nitrogens with zero attached hydrogens (tertiary/aromatic N) is 2. The van der Waals surface area contributed by atoms with Gasteiger partial charge in [0.05, 0.1) is 6.04 Å². The van der Waals surface area contributed by atoms with Crippen LogP contribution in [0.25, 0.3) is 0 Å². The fourth-order valence-corrected chi connectivity index (χ4v) is 10.2. The number of carbonyl (C=O) groups excluding carboxylic acids is 1. The number of aliphatic hydroxyl groups is 1. The number of fused-ring (bicyclic) bond motifs is 5.